The molecular formula is C15H13FN2O2S. The molecule has 2 aromatic carbocycles. The van der Waals surface area contributed by atoms with Crippen molar-refractivity contribution in [2.24, 2.45) is 0 Å². The van der Waals surface area contributed by atoms with Gasteiger partial charge in [0.1, 0.15) is 11.6 Å². The Bertz CT molecular complexity index is 704. The summed E-state index contributed by atoms with van der Waals surface area (Å²) in [7, 11) is 0. The lowest BCUT2D eigenvalue weighted by molar-refractivity contribution is 0.0977. The van der Waals surface area contributed by atoms with Crippen molar-refractivity contribution in [2.75, 3.05) is 5.32 Å². The SMILES string of the molecule is Cc1ccc(O)c(NC(=S)NC(=O)c2cccc(F)c2)c1. The highest BCUT2D eigenvalue weighted by Gasteiger charge is 2.10. The molecule has 21 heavy (non-hydrogen) atoms. The molecule has 0 saturated heterocycles. The average Bonchev–Trinajstić information content (AvgIpc) is 2.42. The molecule has 4 nitrogen and oxygen atoms in total. The minimum Gasteiger partial charge on any atom is -0.506 e. The van der Waals surface area contributed by atoms with Crippen LogP contribution in [0.2, 0.25) is 0 Å². The van der Waals surface area contributed by atoms with E-state index in [9.17, 15) is 14.3 Å². The molecule has 2 rings (SSSR count). The lowest BCUT2D eigenvalue weighted by Crippen LogP contribution is -2.34. The van der Waals surface area contributed by atoms with Crippen LogP contribution in [-0.2, 0) is 0 Å². The highest BCUT2D eigenvalue weighted by Crippen LogP contribution is 2.23. The standard InChI is InChI=1S/C15H13FN2O2S/c1-9-5-6-13(19)12(7-9)17-15(21)18-14(20)10-3-2-4-11(16)8-10/h2-8,19H,1H3,(H2,17,18,20,21). The van der Waals surface area contributed by atoms with E-state index in [0.717, 1.165) is 11.6 Å². The van der Waals surface area contributed by atoms with Gasteiger partial charge in [-0.15, -0.1) is 0 Å². The molecule has 0 heterocycles. The summed E-state index contributed by atoms with van der Waals surface area (Å²) in [6.07, 6.45) is 0. The first-order valence-corrected chi connectivity index (χ1v) is 6.54. The molecule has 0 aliphatic heterocycles. The summed E-state index contributed by atoms with van der Waals surface area (Å²) in [5.74, 6) is -1.01. The third-order valence-electron chi connectivity index (χ3n) is 2.71. The smallest absolute Gasteiger partial charge is 0.257 e. The molecule has 0 aliphatic rings. The monoisotopic (exact) mass is 304 g/mol. The Hall–Kier alpha value is -2.47. The van der Waals surface area contributed by atoms with E-state index < -0.39 is 11.7 Å². The van der Waals surface area contributed by atoms with Crippen LogP contribution in [0.25, 0.3) is 0 Å². The molecule has 1 amide bonds. The summed E-state index contributed by atoms with van der Waals surface area (Å²) in [5, 5.41) is 14.8. The lowest BCUT2D eigenvalue weighted by atomic mass is 10.2. The fourth-order valence-corrected chi connectivity index (χ4v) is 1.91. The van der Waals surface area contributed by atoms with Crippen LogP contribution in [0.3, 0.4) is 0 Å². The number of aromatic hydroxyl groups is 1. The summed E-state index contributed by atoms with van der Waals surface area (Å²) in [6.45, 7) is 1.86. The zero-order chi connectivity index (χ0) is 15.4. The van der Waals surface area contributed by atoms with Crippen LogP contribution >= 0.6 is 12.2 Å². The predicted molar refractivity (Wildman–Crippen MR) is 82.9 cm³/mol. The number of carbonyl (C=O) groups is 1. The van der Waals surface area contributed by atoms with E-state index in [1.807, 2.05) is 6.92 Å². The van der Waals surface area contributed by atoms with E-state index in [2.05, 4.69) is 10.6 Å². The Morgan fingerprint density at radius 3 is 2.71 bits per heavy atom. The zero-order valence-corrected chi connectivity index (χ0v) is 12.0. The average molecular weight is 304 g/mol. The van der Waals surface area contributed by atoms with Crippen molar-refractivity contribution in [3.05, 3.63) is 59.4 Å². The topological polar surface area (TPSA) is 61.4 Å². The van der Waals surface area contributed by atoms with Crippen LogP contribution in [-0.4, -0.2) is 16.1 Å². The minimum absolute atomic E-state index is 0.0166. The number of phenolic OH excluding ortho intramolecular Hbond substituents is 1. The number of hydrogen-bond donors (Lipinski definition) is 3. The van der Waals surface area contributed by atoms with Gasteiger partial charge in [-0.05, 0) is 55.0 Å². The van der Waals surface area contributed by atoms with E-state index in [1.54, 1.807) is 12.1 Å². The number of amides is 1. The molecule has 108 valence electrons. The van der Waals surface area contributed by atoms with Gasteiger partial charge in [0.15, 0.2) is 5.11 Å². The fraction of sp³-hybridized carbons (Fsp3) is 0.0667. The summed E-state index contributed by atoms with van der Waals surface area (Å²) in [4.78, 5) is 11.9. The number of anilines is 1. The summed E-state index contributed by atoms with van der Waals surface area (Å²) < 4.78 is 13.0. The van der Waals surface area contributed by atoms with Crippen LogP contribution in [0.5, 0.6) is 5.75 Å². The molecule has 0 aromatic heterocycles. The normalized spacial score (nSPS) is 10.0. The minimum atomic E-state index is -0.529. The lowest BCUT2D eigenvalue weighted by Gasteiger charge is -2.11. The van der Waals surface area contributed by atoms with Gasteiger partial charge in [0, 0.05) is 5.56 Å². The van der Waals surface area contributed by atoms with E-state index >= 15 is 0 Å². The second kappa shape index (κ2) is 6.32. The van der Waals surface area contributed by atoms with Crippen LogP contribution in [0.4, 0.5) is 10.1 Å². The molecule has 0 unspecified atom stereocenters. The molecule has 0 atom stereocenters. The summed E-state index contributed by atoms with van der Waals surface area (Å²) >= 11 is 5.00. The number of thiocarbonyl (C=S) groups is 1. The maximum absolute atomic E-state index is 13.0. The molecule has 0 bridgehead atoms. The molecular weight excluding hydrogens is 291 g/mol. The number of hydrogen-bond acceptors (Lipinski definition) is 3. The van der Waals surface area contributed by atoms with Crippen molar-refractivity contribution in [1.29, 1.82) is 0 Å². The number of nitrogens with one attached hydrogen (secondary N) is 2. The number of aryl methyl sites for hydroxylation is 1. The summed E-state index contributed by atoms with van der Waals surface area (Å²) in [5.41, 5.74) is 1.47. The molecule has 0 saturated carbocycles. The fourth-order valence-electron chi connectivity index (χ4n) is 1.71. The zero-order valence-electron chi connectivity index (χ0n) is 11.2. The van der Waals surface area contributed by atoms with Gasteiger partial charge < -0.3 is 10.4 Å². The Kier molecular flexibility index (Phi) is 4.49. The van der Waals surface area contributed by atoms with Crippen molar-refractivity contribution in [1.82, 2.24) is 5.32 Å². The number of halogens is 1. The van der Waals surface area contributed by atoms with Gasteiger partial charge >= 0.3 is 0 Å². The number of carbonyl (C=O) groups excluding carboxylic acids is 1. The molecule has 0 fully saturated rings. The number of phenols is 1. The summed E-state index contributed by atoms with van der Waals surface area (Å²) in [6, 6.07) is 10.2. The number of rotatable bonds is 2. The second-order valence-electron chi connectivity index (χ2n) is 4.44. The van der Waals surface area contributed by atoms with E-state index in [4.69, 9.17) is 12.2 Å². The van der Waals surface area contributed by atoms with Gasteiger partial charge in [0.2, 0.25) is 0 Å². The molecule has 6 heteroatoms. The maximum atomic E-state index is 13.0. The number of benzene rings is 2. The molecule has 2 aromatic rings. The quantitative estimate of drug-likeness (QED) is 0.590. The molecule has 0 spiro atoms. The van der Waals surface area contributed by atoms with Gasteiger partial charge in [0.25, 0.3) is 5.91 Å². The van der Waals surface area contributed by atoms with Crippen molar-refractivity contribution >= 4 is 28.9 Å². The Labute approximate surface area is 126 Å². The van der Waals surface area contributed by atoms with Crippen LogP contribution < -0.4 is 10.6 Å². The van der Waals surface area contributed by atoms with E-state index in [1.165, 1.54) is 24.3 Å². The van der Waals surface area contributed by atoms with Gasteiger partial charge in [-0.3, -0.25) is 10.1 Å². The van der Waals surface area contributed by atoms with E-state index in [0.29, 0.717) is 5.69 Å². The second-order valence-corrected chi connectivity index (χ2v) is 4.85. The first kappa shape index (κ1) is 14.9. The molecule has 0 radical (unpaired) electrons. The van der Waals surface area contributed by atoms with Gasteiger partial charge in [-0.2, -0.15) is 0 Å². The Morgan fingerprint density at radius 2 is 2.00 bits per heavy atom. The highest BCUT2D eigenvalue weighted by atomic mass is 32.1. The first-order chi connectivity index (χ1) is 9.95. The largest absolute Gasteiger partial charge is 0.506 e. The van der Waals surface area contributed by atoms with Crippen molar-refractivity contribution in [2.45, 2.75) is 6.92 Å². The van der Waals surface area contributed by atoms with Gasteiger partial charge in [-0.25, -0.2) is 4.39 Å². The molecule has 3 N–H and O–H groups in total. The van der Waals surface area contributed by atoms with E-state index in [-0.39, 0.29) is 16.4 Å². The van der Waals surface area contributed by atoms with Crippen molar-refractivity contribution < 1.29 is 14.3 Å². The van der Waals surface area contributed by atoms with Crippen molar-refractivity contribution in [3.63, 3.8) is 0 Å². The van der Waals surface area contributed by atoms with Crippen molar-refractivity contribution in [3.8, 4) is 5.75 Å². The highest BCUT2D eigenvalue weighted by molar-refractivity contribution is 7.80. The van der Waals surface area contributed by atoms with Crippen LogP contribution in [0.1, 0.15) is 15.9 Å². The molecule has 0 aliphatic carbocycles. The van der Waals surface area contributed by atoms with Gasteiger partial charge in [0.05, 0.1) is 5.69 Å². The first-order valence-electron chi connectivity index (χ1n) is 6.13. The third kappa shape index (κ3) is 4.00. The van der Waals surface area contributed by atoms with Crippen LogP contribution in [0, 0.1) is 12.7 Å². The maximum Gasteiger partial charge on any atom is 0.257 e. The Balaban J connectivity index is 2.05. The predicted octanol–water partition coefficient (Wildman–Crippen LogP) is 2.97. The third-order valence-corrected chi connectivity index (χ3v) is 2.92. The van der Waals surface area contributed by atoms with Crippen LogP contribution in [0.15, 0.2) is 42.5 Å². The Morgan fingerprint density at radius 1 is 1.24 bits per heavy atom. The van der Waals surface area contributed by atoms with Gasteiger partial charge in [-0.1, -0.05) is 12.1 Å².